The fraction of sp³-hybridized carbons (Fsp3) is 0.278. The first-order chi connectivity index (χ1) is 20.3. The molecule has 0 aliphatic rings. The molecule has 0 aliphatic carbocycles. The highest BCUT2D eigenvalue weighted by molar-refractivity contribution is 5.17. The van der Waals surface area contributed by atoms with Gasteiger partial charge in [-0.2, -0.15) is 0 Å². The first kappa shape index (κ1) is 30.2. The zero-order chi connectivity index (χ0) is 28.4. The number of hydrogen-bond acceptors (Lipinski definition) is 5. The van der Waals surface area contributed by atoms with Crippen LogP contribution in [-0.2, 0) is 45.4 Å². The Labute approximate surface area is 243 Å². The van der Waals surface area contributed by atoms with Crippen molar-refractivity contribution in [2.24, 2.45) is 0 Å². The SMILES string of the molecule is O[C@H](COCc1ccccc1)[C@@H](OCc1ccccc1)[C@H](C#CCCOCc1ccccc1)OCc1ccccc1. The van der Waals surface area contributed by atoms with Gasteiger partial charge in [0.25, 0.3) is 0 Å². The van der Waals surface area contributed by atoms with Gasteiger partial charge >= 0.3 is 0 Å². The Kier molecular flexibility index (Phi) is 13.1. The Morgan fingerprint density at radius 1 is 0.537 bits per heavy atom. The summed E-state index contributed by atoms with van der Waals surface area (Å²) >= 11 is 0. The number of aliphatic hydroxyl groups excluding tert-OH is 1. The number of aliphatic hydroxyl groups is 1. The summed E-state index contributed by atoms with van der Waals surface area (Å²) in [6, 6.07) is 39.7. The van der Waals surface area contributed by atoms with Gasteiger partial charge in [0.2, 0.25) is 0 Å². The zero-order valence-corrected chi connectivity index (χ0v) is 23.3. The molecule has 41 heavy (non-hydrogen) atoms. The topological polar surface area (TPSA) is 57.2 Å². The van der Waals surface area contributed by atoms with Crippen molar-refractivity contribution in [3.05, 3.63) is 144 Å². The van der Waals surface area contributed by atoms with E-state index in [-0.39, 0.29) is 6.61 Å². The molecule has 4 aromatic carbocycles. The summed E-state index contributed by atoms with van der Waals surface area (Å²) in [6.45, 7) is 2.16. The van der Waals surface area contributed by atoms with Crippen LogP contribution < -0.4 is 0 Å². The number of hydrogen-bond donors (Lipinski definition) is 1. The van der Waals surface area contributed by atoms with Crippen LogP contribution in [0.2, 0.25) is 0 Å². The van der Waals surface area contributed by atoms with Crippen LogP contribution in [0.25, 0.3) is 0 Å². The van der Waals surface area contributed by atoms with Crippen molar-refractivity contribution in [1.82, 2.24) is 0 Å². The monoisotopic (exact) mass is 550 g/mol. The number of rotatable bonds is 16. The van der Waals surface area contributed by atoms with Crippen LogP contribution in [-0.4, -0.2) is 36.6 Å². The van der Waals surface area contributed by atoms with E-state index in [0.717, 1.165) is 22.3 Å². The minimum absolute atomic E-state index is 0.0847. The van der Waals surface area contributed by atoms with Gasteiger partial charge in [0.05, 0.1) is 39.6 Å². The molecule has 5 nitrogen and oxygen atoms in total. The van der Waals surface area contributed by atoms with Gasteiger partial charge in [-0.3, -0.25) is 0 Å². The molecule has 3 atom stereocenters. The van der Waals surface area contributed by atoms with Gasteiger partial charge < -0.3 is 24.1 Å². The molecule has 4 aromatic rings. The quantitative estimate of drug-likeness (QED) is 0.130. The molecule has 0 heterocycles. The molecule has 0 aliphatic heterocycles. The van der Waals surface area contributed by atoms with Crippen molar-refractivity contribution in [3.63, 3.8) is 0 Å². The summed E-state index contributed by atoms with van der Waals surface area (Å²) < 4.78 is 24.2. The second-order valence-corrected chi connectivity index (χ2v) is 9.66. The van der Waals surface area contributed by atoms with Crippen LogP contribution in [0.3, 0.4) is 0 Å². The van der Waals surface area contributed by atoms with Gasteiger partial charge in [-0.05, 0) is 22.3 Å². The summed E-state index contributed by atoms with van der Waals surface area (Å²) in [4.78, 5) is 0. The predicted octanol–water partition coefficient (Wildman–Crippen LogP) is 6.35. The normalized spacial score (nSPS) is 13.1. The van der Waals surface area contributed by atoms with E-state index in [1.807, 2.05) is 121 Å². The fourth-order valence-electron chi connectivity index (χ4n) is 4.17. The highest BCUT2D eigenvalue weighted by Crippen LogP contribution is 2.16. The lowest BCUT2D eigenvalue weighted by molar-refractivity contribution is -0.131. The smallest absolute Gasteiger partial charge is 0.147 e. The van der Waals surface area contributed by atoms with Gasteiger partial charge in [-0.25, -0.2) is 0 Å². The van der Waals surface area contributed by atoms with Gasteiger partial charge in [0.1, 0.15) is 18.3 Å². The summed E-state index contributed by atoms with van der Waals surface area (Å²) in [6.07, 6.45) is -1.83. The molecule has 0 unspecified atom stereocenters. The van der Waals surface area contributed by atoms with Crippen LogP contribution in [0.15, 0.2) is 121 Å². The standard InChI is InChI=1S/C36H38O5/c37-34(29-39-26-31-17-7-2-8-18-31)36(41-28-33-21-11-4-12-22-33)35(40-27-32-19-9-3-10-20-32)23-13-14-24-38-25-30-15-5-1-6-16-30/h1-12,15-22,34-37H,14,24-29H2/t34-,35+,36-/m1/s1. The maximum atomic E-state index is 11.3. The van der Waals surface area contributed by atoms with E-state index in [1.165, 1.54) is 0 Å². The fourth-order valence-corrected chi connectivity index (χ4v) is 4.17. The Morgan fingerprint density at radius 2 is 0.976 bits per heavy atom. The maximum Gasteiger partial charge on any atom is 0.147 e. The Hall–Kier alpha value is -3.76. The molecule has 1 N–H and O–H groups in total. The van der Waals surface area contributed by atoms with E-state index in [1.54, 1.807) is 0 Å². The van der Waals surface area contributed by atoms with Gasteiger partial charge in [-0.1, -0.05) is 133 Å². The van der Waals surface area contributed by atoms with Crippen molar-refractivity contribution in [2.75, 3.05) is 13.2 Å². The summed E-state index contributed by atoms with van der Waals surface area (Å²) in [5.41, 5.74) is 4.17. The molecule has 5 heteroatoms. The maximum absolute atomic E-state index is 11.3. The van der Waals surface area contributed by atoms with E-state index >= 15 is 0 Å². The van der Waals surface area contributed by atoms with E-state index in [4.69, 9.17) is 18.9 Å². The van der Waals surface area contributed by atoms with Crippen LogP contribution >= 0.6 is 0 Å². The number of benzene rings is 4. The molecule has 0 bridgehead atoms. The van der Waals surface area contributed by atoms with E-state index in [0.29, 0.717) is 39.5 Å². The van der Waals surface area contributed by atoms with Gasteiger partial charge in [0, 0.05) is 6.42 Å². The van der Waals surface area contributed by atoms with E-state index < -0.39 is 18.3 Å². The second kappa shape index (κ2) is 17.8. The van der Waals surface area contributed by atoms with E-state index in [9.17, 15) is 5.11 Å². The Morgan fingerprint density at radius 3 is 1.49 bits per heavy atom. The summed E-state index contributed by atoms with van der Waals surface area (Å²) in [5.74, 6) is 6.41. The summed E-state index contributed by atoms with van der Waals surface area (Å²) in [5, 5.41) is 11.3. The molecule has 0 spiro atoms. The second-order valence-electron chi connectivity index (χ2n) is 9.66. The lowest BCUT2D eigenvalue weighted by Crippen LogP contribution is -2.43. The lowest BCUT2D eigenvalue weighted by atomic mass is 10.1. The average molecular weight is 551 g/mol. The molecule has 4 rings (SSSR count). The third-order valence-electron chi connectivity index (χ3n) is 6.36. The molecule has 0 aromatic heterocycles. The first-order valence-electron chi connectivity index (χ1n) is 14.0. The third kappa shape index (κ3) is 11.3. The van der Waals surface area contributed by atoms with Gasteiger partial charge in [0.15, 0.2) is 0 Å². The molecular weight excluding hydrogens is 512 g/mol. The molecule has 0 amide bonds. The largest absolute Gasteiger partial charge is 0.388 e. The third-order valence-corrected chi connectivity index (χ3v) is 6.36. The molecule has 212 valence electrons. The summed E-state index contributed by atoms with van der Waals surface area (Å²) in [7, 11) is 0. The zero-order valence-electron chi connectivity index (χ0n) is 23.3. The molecule has 0 saturated heterocycles. The van der Waals surface area contributed by atoms with Crippen LogP contribution in [0.4, 0.5) is 0 Å². The van der Waals surface area contributed by atoms with Crippen LogP contribution in [0.1, 0.15) is 28.7 Å². The average Bonchev–Trinajstić information content (AvgIpc) is 3.03. The first-order valence-corrected chi connectivity index (χ1v) is 14.0. The van der Waals surface area contributed by atoms with Crippen LogP contribution in [0.5, 0.6) is 0 Å². The van der Waals surface area contributed by atoms with Crippen molar-refractivity contribution >= 4 is 0 Å². The van der Waals surface area contributed by atoms with Gasteiger partial charge in [-0.15, -0.1) is 0 Å². The highest BCUT2D eigenvalue weighted by atomic mass is 16.6. The van der Waals surface area contributed by atoms with Crippen molar-refractivity contribution in [1.29, 1.82) is 0 Å². The van der Waals surface area contributed by atoms with Crippen molar-refractivity contribution in [3.8, 4) is 11.8 Å². The van der Waals surface area contributed by atoms with E-state index in [2.05, 4.69) is 11.8 Å². The minimum atomic E-state index is -0.952. The lowest BCUT2D eigenvalue weighted by Gasteiger charge is -2.28. The molecular formula is C36H38O5. The Bertz CT molecular complexity index is 1290. The van der Waals surface area contributed by atoms with Crippen molar-refractivity contribution in [2.45, 2.75) is 51.2 Å². The molecule has 0 radical (unpaired) electrons. The highest BCUT2D eigenvalue weighted by Gasteiger charge is 2.30. The van der Waals surface area contributed by atoms with Crippen molar-refractivity contribution < 1.29 is 24.1 Å². The Balaban J connectivity index is 1.42. The number of ether oxygens (including phenoxy) is 4. The molecule has 0 fully saturated rings. The minimum Gasteiger partial charge on any atom is -0.388 e. The molecule has 0 saturated carbocycles. The van der Waals surface area contributed by atoms with Crippen LogP contribution in [0, 0.1) is 11.8 Å². The predicted molar refractivity (Wildman–Crippen MR) is 161 cm³/mol.